The predicted octanol–water partition coefficient (Wildman–Crippen LogP) is 1.61. The monoisotopic (exact) mass is 224 g/mol. The first kappa shape index (κ1) is 12.8. The first-order chi connectivity index (χ1) is 7.63. The number of nitrogens with zero attached hydrogens (tertiary/aromatic N) is 1. The van der Waals surface area contributed by atoms with Crippen LogP contribution in [0.4, 0.5) is 0 Å². The third kappa shape index (κ3) is 4.06. The Kier molecular flexibility index (Phi) is 5.05. The second kappa shape index (κ2) is 6.33. The van der Waals surface area contributed by atoms with E-state index in [-0.39, 0.29) is 5.91 Å². The molecule has 0 aliphatic rings. The summed E-state index contributed by atoms with van der Waals surface area (Å²) in [6.07, 6.45) is 4.69. The van der Waals surface area contributed by atoms with Crippen molar-refractivity contribution in [1.29, 1.82) is 0 Å². The minimum Gasteiger partial charge on any atom is -0.472 e. The highest BCUT2D eigenvalue weighted by Crippen LogP contribution is 2.08. The lowest BCUT2D eigenvalue weighted by Gasteiger charge is -2.17. The minimum atomic E-state index is 0.154. The van der Waals surface area contributed by atoms with E-state index in [0.717, 1.165) is 12.0 Å². The molecule has 0 fully saturated rings. The summed E-state index contributed by atoms with van der Waals surface area (Å²) in [7, 11) is 1.81. The highest BCUT2D eigenvalue weighted by atomic mass is 16.3. The molecule has 0 saturated heterocycles. The number of hydrogen-bond donors (Lipinski definition) is 1. The lowest BCUT2D eigenvalue weighted by Crippen LogP contribution is -2.26. The third-order valence-corrected chi connectivity index (χ3v) is 2.68. The van der Waals surface area contributed by atoms with Crippen LogP contribution >= 0.6 is 0 Å². The SMILES string of the molecule is CC(CN)CCC(=O)N(C)Cc1ccoc1. The second-order valence-electron chi connectivity index (χ2n) is 4.26. The zero-order valence-electron chi connectivity index (χ0n) is 9.98. The van der Waals surface area contributed by atoms with Crippen LogP contribution in [0.25, 0.3) is 0 Å². The minimum absolute atomic E-state index is 0.154. The summed E-state index contributed by atoms with van der Waals surface area (Å²) in [6.45, 7) is 3.30. The van der Waals surface area contributed by atoms with E-state index in [9.17, 15) is 4.79 Å². The maximum atomic E-state index is 11.7. The molecule has 2 N–H and O–H groups in total. The third-order valence-electron chi connectivity index (χ3n) is 2.68. The molecule has 0 saturated carbocycles. The fourth-order valence-electron chi connectivity index (χ4n) is 1.42. The van der Waals surface area contributed by atoms with Crippen molar-refractivity contribution in [3.63, 3.8) is 0 Å². The van der Waals surface area contributed by atoms with Gasteiger partial charge in [-0.3, -0.25) is 4.79 Å². The molecule has 90 valence electrons. The molecule has 0 radical (unpaired) electrons. The van der Waals surface area contributed by atoms with Crippen LogP contribution in [0.2, 0.25) is 0 Å². The molecule has 0 aliphatic heterocycles. The lowest BCUT2D eigenvalue weighted by molar-refractivity contribution is -0.130. The highest BCUT2D eigenvalue weighted by Gasteiger charge is 2.11. The standard InChI is InChI=1S/C12H20N2O2/c1-10(7-13)3-4-12(15)14(2)8-11-5-6-16-9-11/h5-6,9-10H,3-4,7-8,13H2,1-2H3. The first-order valence-corrected chi connectivity index (χ1v) is 5.58. The van der Waals surface area contributed by atoms with Crippen molar-refractivity contribution in [3.05, 3.63) is 24.2 Å². The number of nitrogens with two attached hydrogens (primary N) is 1. The zero-order chi connectivity index (χ0) is 12.0. The van der Waals surface area contributed by atoms with Crippen LogP contribution in [-0.2, 0) is 11.3 Å². The molecular weight excluding hydrogens is 204 g/mol. The van der Waals surface area contributed by atoms with Crippen LogP contribution < -0.4 is 5.73 Å². The molecule has 0 bridgehead atoms. The fourth-order valence-corrected chi connectivity index (χ4v) is 1.42. The van der Waals surface area contributed by atoms with Gasteiger partial charge in [0, 0.05) is 25.6 Å². The van der Waals surface area contributed by atoms with Gasteiger partial charge in [0.25, 0.3) is 0 Å². The molecule has 0 spiro atoms. The number of furan rings is 1. The Labute approximate surface area is 96.4 Å². The molecule has 1 unspecified atom stereocenters. The summed E-state index contributed by atoms with van der Waals surface area (Å²) in [5.41, 5.74) is 6.52. The van der Waals surface area contributed by atoms with Crippen LogP contribution in [0, 0.1) is 5.92 Å². The Morgan fingerprint density at radius 2 is 2.38 bits per heavy atom. The molecule has 1 aromatic heterocycles. The molecule has 0 aromatic carbocycles. The molecule has 4 heteroatoms. The van der Waals surface area contributed by atoms with Crippen molar-refractivity contribution in [2.24, 2.45) is 11.7 Å². The number of amides is 1. The van der Waals surface area contributed by atoms with Gasteiger partial charge >= 0.3 is 0 Å². The Morgan fingerprint density at radius 1 is 1.62 bits per heavy atom. The number of hydrogen-bond acceptors (Lipinski definition) is 3. The van der Waals surface area contributed by atoms with Crippen molar-refractivity contribution < 1.29 is 9.21 Å². The topological polar surface area (TPSA) is 59.5 Å². The van der Waals surface area contributed by atoms with Gasteiger partial charge in [-0.1, -0.05) is 6.92 Å². The Hall–Kier alpha value is -1.29. The van der Waals surface area contributed by atoms with E-state index in [1.807, 2.05) is 13.1 Å². The van der Waals surface area contributed by atoms with E-state index in [4.69, 9.17) is 10.2 Å². The number of carbonyl (C=O) groups excluding carboxylic acids is 1. The van der Waals surface area contributed by atoms with E-state index in [2.05, 4.69) is 6.92 Å². The van der Waals surface area contributed by atoms with E-state index >= 15 is 0 Å². The molecule has 4 nitrogen and oxygen atoms in total. The van der Waals surface area contributed by atoms with E-state index in [0.29, 0.717) is 25.4 Å². The van der Waals surface area contributed by atoms with Crippen LogP contribution in [0.15, 0.2) is 23.0 Å². The summed E-state index contributed by atoms with van der Waals surface area (Å²) >= 11 is 0. The van der Waals surface area contributed by atoms with Crippen molar-refractivity contribution in [2.45, 2.75) is 26.3 Å². The Morgan fingerprint density at radius 3 is 2.94 bits per heavy atom. The second-order valence-corrected chi connectivity index (χ2v) is 4.26. The quantitative estimate of drug-likeness (QED) is 0.798. The van der Waals surface area contributed by atoms with Gasteiger partial charge in [-0.2, -0.15) is 0 Å². The van der Waals surface area contributed by atoms with Crippen molar-refractivity contribution in [2.75, 3.05) is 13.6 Å². The Balaban J connectivity index is 2.31. The van der Waals surface area contributed by atoms with E-state index in [1.165, 1.54) is 0 Å². The van der Waals surface area contributed by atoms with Crippen LogP contribution in [0.5, 0.6) is 0 Å². The summed E-state index contributed by atoms with van der Waals surface area (Å²) in [6, 6.07) is 1.87. The molecule has 1 heterocycles. The van der Waals surface area contributed by atoms with Gasteiger partial charge in [0.2, 0.25) is 5.91 Å². The molecule has 1 aromatic rings. The molecule has 0 aliphatic carbocycles. The molecule has 1 rings (SSSR count). The predicted molar refractivity (Wildman–Crippen MR) is 62.6 cm³/mol. The molecule has 1 atom stereocenters. The largest absolute Gasteiger partial charge is 0.472 e. The first-order valence-electron chi connectivity index (χ1n) is 5.58. The normalized spacial score (nSPS) is 12.4. The molecular formula is C12H20N2O2. The van der Waals surface area contributed by atoms with Crippen LogP contribution in [0.3, 0.4) is 0 Å². The molecule has 1 amide bonds. The maximum Gasteiger partial charge on any atom is 0.222 e. The summed E-state index contributed by atoms with van der Waals surface area (Å²) in [5.74, 6) is 0.563. The molecule has 16 heavy (non-hydrogen) atoms. The van der Waals surface area contributed by atoms with Gasteiger partial charge in [0.1, 0.15) is 0 Å². The highest BCUT2D eigenvalue weighted by molar-refractivity contribution is 5.75. The fraction of sp³-hybridized carbons (Fsp3) is 0.583. The average Bonchev–Trinajstić information content (AvgIpc) is 2.77. The van der Waals surface area contributed by atoms with Gasteiger partial charge in [-0.15, -0.1) is 0 Å². The van der Waals surface area contributed by atoms with Crippen LogP contribution in [0.1, 0.15) is 25.3 Å². The van der Waals surface area contributed by atoms with Gasteiger partial charge in [0.05, 0.1) is 12.5 Å². The van der Waals surface area contributed by atoms with Crippen molar-refractivity contribution in [3.8, 4) is 0 Å². The number of carbonyl (C=O) groups is 1. The smallest absolute Gasteiger partial charge is 0.222 e. The Bertz CT molecular complexity index is 309. The number of rotatable bonds is 6. The summed E-state index contributed by atoms with van der Waals surface area (Å²) in [4.78, 5) is 13.5. The summed E-state index contributed by atoms with van der Waals surface area (Å²) in [5, 5.41) is 0. The van der Waals surface area contributed by atoms with Gasteiger partial charge in [-0.05, 0) is 24.9 Å². The van der Waals surface area contributed by atoms with Crippen molar-refractivity contribution >= 4 is 5.91 Å². The van der Waals surface area contributed by atoms with E-state index < -0.39 is 0 Å². The zero-order valence-corrected chi connectivity index (χ0v) is 9.98. The summed E-state index contributed by atoms with van der Waals surface area (Å²) < 4.78 is 4.96. The maximum absolute atomic E-state index is 11.7. The average molecular weight is 224 g/mol. The van der Waals surface area contributed by atoms with Gasteiger partial charge in [-0.25, -0.2) is 0 Å². The van der Waals surface area contributed by atoms with Crippen LogP contribution in [-0.4, -0.2) is 24.4 Å². The van der Waals surface area contributed by atoms with Gasteiger partial charge < -0.3 is 15.1 Å². The lowest BCUT2D eigenvalue weighted by atomic mass is 10.1. The van der Waals surface area contributed by atoms with Gasteiger partial charge in [0.15, 0.2) is 0 Å². The van der Waals surface area contributed by atoms with Crippen molar-refractivity contribution in [1.82, 2.24) is 4.90 Å². The van der Waals surface area contributed by atoms with E-state index in [1.54, 1.807) is 17.4 Å².